The number of hydrogen-bond donors (Lipinski definition) is 2. The summed E-state index contributed by atoms with van der Waals surface area (Å²) in [6.07, 6.45) is 0. The zero-order chi connectivity index (χ0) is 16.8. The molecule has 0 saturated carbocycles. The van der Waals surface area contributed by atoms with Crippen molar-refractivity contribution in [3.63, 3.8) is 0 Å². The van der Waals surface area contributed by atoms with Gasteiger partial charge in [0.15, 0.2) is 0 Å². The van der Waals surface area contributed by atoms with E-state index in [9.17, 15) is 18.0 Å². The standard InChI is InChI=1S/C12H15BrN2O6S/c1-20-9-4-3-8(13)5-10(9)22(18,19)15-6-11(16)14-7-12(17)21-2/h3-5,15H,6-7H2,1-2H3,(H,14,16). The molecule has 1 rings (SSSR count). The van der Waals surface area contributed by atoms with Gasteiger partial charge in [-0.2, -0.15) is 0 Å². The summed E-state index contributed by atoms with van der Waals surface area (Å²) in [5.74, 6) is -1.15. The molecule has 0 saturated heterocycles. The number of carbonyl (C=O) groups excluding carboxylic acids is 2. The maximum atomic E-state index is 12.2. The first-order valence-corrected chi connectivity index (χ1v) is 8.24. The van der Waals surface area contributed by atoms with Crippen molar-refractivity contribution >= 4 is 37.8 Å². The molecule has 1 aromatic carbocycles. The Bertz CT molecular complexity index is 662. The fraction of sp³-hybridized carbons (Fsp3) is 0.333. The molecule has 0 unspecified atom stereocenters. The number of rotatable bonds is 7. The lowest BCUT2D eigenvalue weighted by Gasteiger charge is -2.11. The van der Waals surface area contributed by atoms with Gasteiger partial charge in [0, 0.05) is 4.47 Å². The highest BCUT2D eigenvalue weighted by Crippen LogP contribution is 2.26. The Labute approximate surface area is 136 Å². The second-order valence-electron chi connectivity index (χ2n) is 3.97. The van der Waals surface area contributed by atoms with E-state index in [0.29, 0.717) is 4.47 Å². The Morgan fingerprint density at radius 3 is 2.50 bits per heavy atom. The third-order valence-corrected chi connectivity index (χ3v) is 4.41. The van der Waals surface area contributed by atoms with Gasteiger partial charge in [-0.15, -0.1) is 0 Å². The van der Waals surface area contributed by atoms with Gasteiger partial charge in [-0.1, -0.05) is 15.9 Å². The first-order valence-electron chi connectivity index (χ1n) is 5.97. The van der Waals surface area contributed by atoms with Crippen LogP contribution in [0.25, 0.3) is 0 Å². The molecule has 0 fully saturated rings. The Hall–Kier alpha value is -1.65. The number of esters is 1. The van der Waals surface area contributed by atoms with E-state index in [-0.39, 0.29) is 17.2 Å². The second kappa shape index (κ2) is 8.11. The summed E-state index contributed by atoms with van der Waals surface area (Å²) in [5, 5.41) is 2.22. The average molecular weight is 395 g/mol. The molecule has 0 atom stereocenters. The minimum Gasteiger partial charge on any atom is -0.495 e. The number of benzene rings is 1. The van der Waals surface area contributed by atoms with Crippen molar-refractivity contribution in [3.05, 3.63) is 22.7 Å². The van der Waals surface area contributed by atoms with Crippen LogP contribution in [0.15, 0.2) is 27.6 Å². The van der Waals surface area contributed by atoms with Gasteiger partial charge in [-0.3, -0.25) is 9.59 Å². The van der Waals surface area contributed by atoms with Crippen LogP contribution in [0.5, 0.6) is 5.75 Å². The molecule has 1 amide bonds. The molecular weight excluding hydrogens is 380 g/mol. The van der Waals surface area contributed by atoms with Crippen molar-refractivity contribution in [1.29, 1.82) is 0 Å². The van der Waals surface area contributed by atoms with Crippen LogP contribution in [0.3, 0.4) is 0 Å². The minimum atomic E-state index is -3.95. The molecule has 0 aromatic heterocycles. The number of carbonyl (C=O) groups is 2. The fourth-order valence-corrected chi connectivity index (χ4v) is 3.09. The van der Waals surface area contributed by atoms with E-state index in [4.69, 9.17) is 4.74 Å². The van der Waals surface area contributed by atoms with Gasteiger partial charge in [0.2, 0.25) is 15.9 Å². The maximum Gasteiger partial charge on any atom is 0.325 e. The van der Waals surface area contributed by atoms with Crippen LogP contribution in [0.1, 0.15) is 0 Å². The molecule has 2 N–H and O–H groups in total. The monoisotopic (exact) mass is 394 g/mol. The van der Waals surface area contributed by atoms with E-state index in [1.54, 1.807) is 6.07 Å². The summed E-state index contributed by atoms with van der Waals surface area (Å²) in [6.45, 7) is -0.855. The molecular formula is C12H15BrN2O6S. The normalized spacial score (nSPS) is 10.9. The third-order valence-electron chi connectivity index (χ3n) is 2.50. The highest BCUT2D eigenvalue weighted by Gasteiger charge is 2.20. The van der Waals surface area contributed by atoms with Crippen LogP contribution in [-0.4, -0.2) is 47.6 Å². The summed E-state index contributed by atoms with van der Waals surface area (Å²) >= 11 is 3.17. The van der Waals surface area contributed by atoms with Crippen LogP contribution < -0.4 is 14.8 Å². The van der Waals surface area contributed by atoms with E-state index >= 15 is 0 Å². The van der Waals surface area contributed by atoms with Crippen LogP contribution in [0.2, 0.25) is 0 Å². The van der Waals surface area contributed by atoms with Gasteiger partial charge in [0.25, 0.3) is 0 Å². The molecule has 8 nitrogen and oxygen atoms in total. The lowest BCUT2D eigenvalue weighted by Crippen LogP contribution is -2.39. The number of nitrogens with one attached hydrogen (secondary N) is 2. The molecule has 0 bridgehead atoms. The summed E-state index contributed by atoms with van der Waals surface area (Å²) in [7, 11) is -1.43. The number of sulfonamides is 1. The van der Waals surface area contributed by atoms with E-state index in [0.717, 1.165) is 0 Å². The van der Waals surface area contributed by atoms with Crippen molar-refractivity contribution in [2.75, 3.05) is 27.3 Å². The number of amides is 1. The fourth-order valence-electron chi connectivity index (χ4n) is 1.40. The Morgan fingerprint density at radius 1 is 1.23 bits per heavy atom. The molecule has 122 valence electrons. The number of halogens is 1. The van der Waals surface area contributed by atoms with Crippen molar-refractivity contribution in [3.8, 4) is 5.75 Å². The summed E-state index contributed by atoms with van der Waals surface area (Å²) < 4.78 is 36.4. The molecule has 0 spiro atoms. The van der Waals surface area contributed by atoms with Gasteiger partial charge in [0.1, 0.15) is 17.2 Å². The van der Waals surface area contributed by atoms with Crippen LogP contribution in [0.4, 0.5) is 0 Å². The molecule has 10 heteroatoms. The quantitative estimate of drug-likeness (QED) is 0.630. The molecule has 22 heavy (non-hydrogen) atoms. The van der Waals surface area contributed by atoms with E-state index in [1.165, 1.54) is 26.4 Å². The number of hydrogen-bond acceptors (Lipinski definition) is 6. The van der Waals surface area contributed by atoms with Gasteiger partial charge >= 0.3 is 5.97 Å². The maximum absolute atomic E-state index is 12.2. The molecule has 0 radical (unpaired) electrons. The van der Waals surface area contributed by atoms with Crippen LogP contribution >= 0.6 is 15.9 Å². The Morgan fingerprint density at radius 2 is 1.91 bits per heavy atom. The van der Waals surface area contributed by atoms with Gasteiger partial charge in [-0.25, -0.2) is 13.1 Å². The van der Waals surface area contributed by atoms with Crippen molar-refractivity contribution < 1.29 is 27.5 Å². The summed E-state index contributed by atoms with van der Waals surface area (Å²) in [6, 6.07) is 4.46. The summed E-state index contributed by atoms with van der Waals surface area (Å²) in [4.78, 5) is 22.2. The lowest BCUT2D eigenvalue weighted by atomic mass is 10.3. The second-order valence-corrected chi connectivity index (χ2v) is 6.62. The zero-order valence-corrected chi connectivity index (χ0v) is 14.3. The van der Waals surface area contributed by atoms with Crippen LogP contribution in [-0.2, 0) is 24.3 Å². The largest absolute Gasteiger partial charge is 0.495 e. The van der Waals surface area contributed by atoms with Crippen molar-refractivity contribution in [2.24, 2.45) is 0 Å². The van der Waals surface area contributed by atoms with Crippen molar-refractivity contribution in [1.82, 2.24) is 10.0 Å². The topological polar surface area (TPSA) is 111 Å². The molecule has 0 aliphatic carbocycles. The number of ether oxygens (including phenoxy) is 2. The Kier molecular flexibility index (Phi) is 6.78. The molecule has 0 aliphatic heterocycles. The zero-order valence-electron chi connectivity index (χ0n) is 11.9. The third kappa shape index (κ3) is 5.28. The highest BCUT2D eigenvalue weighted by molar-refractivity contribution is 9.10. The first-order chi connectivity index (χ1) is 10.3. The van der Waals surface area contributed by atoms with E-state index in [2.05, 4.69) is 30.7 Å². The summed E-state index contributed by atoms with van der Waals surface area (Å²) in [5.41, 5.74) is 0. The molecule has 1 aromatic rings. The predicted octanol–water partition coefficient (Wildman–Crippen LogP) is 0.0252. The van der Waals surface area contributed by atoms with Crippen LogP contribution in [0, 0.1) is 0 Å². The van der Waals surface area contributed by atoms with Gasteiger partial charge in [-0.05, 0) is 18.2 Å². The molecule has 0 aliphatic rings. The number of methoxy groups -OCH3 is 2. The van der Waals surface area contributed by atoms with Gasteiger partial charge < -0.3 is 14.8 Å². The highest BCUT2D eigenvalue weighted by atomic mass is 79.9. The predicted molar refractivity (Wildman–Crippen MR) is 80.9 cm³/mol. The molecule has 0 heterocycles. The average Bonchev–Trinajstić information content (AvgIpc) is 2.50. The van der Waals surface area contributed by atoms with E-state index in [1.807, 2.05) is 0 Å². The first kappa shape index (κ1) is 18.4. The SMILES string of the molecule is COC(=O)CNC(=O)CNS(=O)(=O)c1cc(Br)ccc1OC. The smallest absolute Gasteiger partial charge is 0.325 e. The van der Waals surface area contributed by atoms with Gasteiger partial charge in [0.05, 0.1) is 20.8 Å². The van der Waals surface area contributed by atoms with Crippen molar-refractivity contribution in [2.45, 2.75) is 4.90 Å². The Balaban J connectivity index is 2.74. The van der Waals surface area contributed by atoms with E-state index < -0.39 is 28.4 Å². The lowest BCUT2D eigenvalue weighted by molar-refractivity contribution is -0.141. The minimum absolute atomic E-state index is 0.106.